The Bertz CT molecular complexity index is 404. The number of hydrogen-bond acceptors (Lipinski definition) is 4. The van der Waals surface area contributed by atoms with Crippen molar-refractivity contribution < 1.29 is 19.4 Å². The lowest BCUT2D eigenvalue weighted by Gasteiger charge is -2.11. The number of amides is 1. The molecule has 1 unspecified atom stereocenters. The van der Waals surface area contributed by atoms with Crippen molar-refractivity contribution in [1.29, 1.82) is 0 Å². The minimum atomic E-state index is -0.433. The van der Waals surface area contributed by atoms with Gasteiger partial charge in [0.25, 0.3) is 5.91 Å². The number of rotatable bonds is 6. The SMILES string of the molecule is COc1ccc(OC)c(C(=O)NCCC(C)O)c1. The number of ether oxygens (including phenoxy) is 2. The van der Waals surface area contributed by atoms with E-state index in [1.165, 1.54) is 14.2 Å². The number of methoxy groups -OCH3 is 2. The number of carbonyl (C=O) groups excluding carboxylic acids is 1. The van der Waals surface area contributed by atoms with E-state index in [2.05, 4.69) is 5.32 Å². The lowest BCUT2D eigenvalue weighted by atomic mass is 10.1. The molecule has 5 nitrogen and oxygen atoms in total. The summed E-state index contributed by atoms with van der Waals surface area (Å²) < 4.78 is 10.2. The summed E-state index contributed by atoms with van der Waals surface area (Å²) in [5.41, 5.74) is 0.419. The summed E-state index contributed by atoms with van der Waals surface area (Å²) >= 11 is 0. The second kappa shape index (κ2) is 6.86. The van der Waals surface area contributed by atoms with E-state index in [4.69, 9.17) is 14.6 Å². The van der Waals surface area contributed by atoms with Crippen LogP contribution in [0.15, 0.2) is 18.2 Å². The molecule has 0 fully saturated rings. The predicted molar refractivity (Wildman–Crippen MR) is 68.2 cm³/mol. The molecule has 1 aromatic carbocycles. The highest BCUT2D eigenvalue weighted by atomic mass is 16.5. The van der Waals surface area contributed by atoms with Gasteiger partial charge in [0, 0.05) is 6.54 Å². The van der Waals surface area contributed by atoms with Crippen LogP contribution in [0.5, 0.6) is 11.5 Å². The molecule has 1 rings (SSSR count). The van der Waals surface area contributed by atoms with Crippen LogP contribution in [0.4, 0.5) is 0 Å². The van der Waals surface area contributed by atoms with Gasteiger partial charge in [-0.15, -0.1) is 0 Å². The van der Waals surface area contributed by atoms with Gasteiger partial charge in [-0.1, -0.05) is 0 Å². The highest BCUT2D eigenvalue weighted by Crippen LogP contribution is 2.23. The normalized spacial score (nSPS) is 11.8. The Hall–Kier alpha value is -1.75. The van der Waals surface area contributed by atoms with E-state index < -0.39 is 6.10 Å². The topological polar surface area (TPSA) is 67.8 Å². The molecule has 0 aliphatic rings. The van der Waals surface area contributed by atoms with Crippen molar-refractivity contribution in [2.45, 2.75) is 19.4 Å². The minimum absolute atomic E-state index is 0.244. The zero-order chi connectivity index (χ0) is 13.5. The number of benzene rings is 1. The second-order valence-electron chi connectivity index (χ2n) is 3.96. The molecule has 0 saturated heterocycles. The molecule has 1 aromatic rings. The molecule has 0 aromatic heterocycles. The van der Waals surface area contributed by atoms with E-state index in [1.807, 2.05) is 0 Å². The van der Waals surface area contributed by atoms with E-state index in [1.54, 1.807) is 25.1 Å². The van der Waals surface area contributed by atoms with Gasteiger partial charge in [-0.05, 0) is 31.5 Å². The number of nitrogens with one attached hydrogen (secondary N) is 1. The van der Waals surface area contributed by atoms with Gasteiger partial charge >= 0.3 is 0 Å². The van der Waals surface area contributed by atoms with Crippen molar-refractivity contribution in [3.05, 3.63) is 23.8 Å². The van der Waals surface area contributed by atoms with Crippen LogP contribution < -0.4 is 14.8 Å². The molecule has 0 heterocycles. The highest BCUT2D eigenvalue weighted by Gasteiger charge is 2.13. The van der Waals surface area contributed by atoms with E-state index in [-0.39, 0.29) is 5.91 Å². The summed E-state index contributed by atoms with van der Waals surface area (Å²) in [6, 6.07) is 5.03. The zero-order valence-electron chi connectivity index (χ0n) is 10.9. The van der Waals surface area contributed by atoms with Crippen molar-refractivity contribution >= 4 is 5.91 Å². The average Bonchev–Trinajstić information content (AvgIpc) is 2.37. The van der Waals surface area contributed by atoms with Gasteiger partial charge in [-0.25, -0.2) is 0 Å². The first kappa shape index (κ1) is 14.3. The summed E-state index contributed by atoms with van der Waals surface area (Å²) in [5.74, 6) is 0.841. The maximum absolute atomic E-state index is 11.9. The van der Waals surface area contributed by atoms with Crippen molar-refractivity contribution in [3.63, 3.8) is 0 Å². The molecule has 0 aliphatic heterocycles. The Labute approximate surface area is 107 Å². The number of aliphatic hydroxyl groups is 1. The molecule has 0 radical (unpaired) electrons. The molecule has 0 bridgehead atoms. The smallest absolute Gasteiger partial charge is 0.255 e. The van der Waals surface area contributed by atoms with Crippen LogP contribution >= 0.6 is 0 Å². The fraction of sp³-hybridized carbons (Fsp3) is 0.462. The number of carbonyl (C=O) groups is 1. The molecule has 1 amide bonds. The maximum Gasteiger partial charge on any atom is 0.255 e. The summed E-state index contributed by atoms with van der Waals surface area (Å²) in [6.07, 6.45) is 0.0791. The lowest BCUT2D eigenvalue weighted by Crippen LogP contribution is -2.26. The fourth-order valence-electron chi connectivity index (χ4n) is 1.48. The summed E-state index contributed by atoms with van der Waals surface area (Å²) in [4.78, 5) is 11.9. The van der Waals surface area contributed by atoms with Crippen LogP contribution in [0.2, 0.25) is 0 Å². The minimum Gasteiger partial charge on any atom is -0.497 e. The van der Waals surface area contributed by atoms with Gasteiger partial charge in [0.1, 0.15) is 11.5 Å². The van der Waals surface area contributed by atoms with Gasteiger partial charge in [-0.3, -0.25) is 4.79 Å². The quantitative estimate of drug-likeness (QED) is 0.799. The third kappa shape index (κ3) is 3.92. The van der Waals surface area contributed by atoms with E-state index in [0.717, 1.165) is 0 Å². The van der Waals surface area contributed by atoms with Gasteiger partial charge in [0.05, 0.1) is 25.9 Å². The Morgan fingerprint density at radius 1 is 1.39 bits per heavy atom. The van der Waals surface area contributed by atoms with Crippen molar-refractivity contribution in [3.8, 4) is 11.5 Å². The zero-order valence-corrected chi connectivity index (χ0v) is 10.9. The molecule has 1 atom stereocenters. The van der Waals surface area contributed by atoms with Gasteiger partial charge < -0.3 is 19.9 Å². The van der Waals surface area contributed by atoms with E-state index in [0.29, 0.717) is 30.0 Å². The molecular formula is C13H19NO4. The number of aliphatic hydroxyl groups excluding tert-OH is 1. The van der Waals surface area contributed by atoms with Crippen LogP contribution in [0.25, 0.3) is 0 Å². The van der Waals surface area contributed by atoms with Crippen LogP contribution in [0.1, 0.15) is 23.7 Å². The third-order valence-electron chi connectivity index (χ3n) is 2.50. The third-order valence-corrected chi connectivity index (χ3v) is 2.50. The monoisotopic (exact) mass is 253 g/mol. The van der Waals surface area contributed by atoms with E-state index >= 15 is 0 Å². The maximum atomic E-state index is 11.9. The lowest BCUT2D eigenvalue weighted by molar-refractivity contribution is 0.0942. The van der Waals surface area contributed by atoms with Crippen LogP contribution in [-0.4, -0.2) is 37.9 Å². The Morgan fingerprint density at radius 2 is 2.11 bits per heavy atom. The number of hydrogen-bond donors (Lipinski definition) is 2. The summed E-state index contributed by atoms with van der Waals surface area (Å²) in [5, 5.41) is 11.8. The van der Waals surface area contributed by atoms with Crippen LogP contribution in [0.3, 0.4) is 0 Å². The van der Waals surface area contributed by atoms with Gasteiger partial charge in [0.2, 0.25) is 0 Å². The second-order valence-corrected chi connectivity index (χ2v) is 3.96. The first-order valence-electron chi connectivity index (χ1n) is 5.76. The Balaban J connectivity index is 2.76. The van der Waals surface area contributed by atoms with E-state index in [9.17, 15) is 4.79 Å². The fourth-order valence-corrected chi connectivity index (χ4v) is 1.48. The highest BCUT2D eigenvalue weighted by molar-refractivity contribution is 5.97. The molecule has 0 aliphatic carbocycles. The standard InChI is InChI=1S/C13H19NO4/c1-9(15)6-7-14-13(16)11-8-10(17-2)4-5-12(11)18-3/h4-5,8-9,15H,6-7H2,1-3H3,(H,14,16). The van der Waals surface area contributed by atoms with Crippen molar-refractivity contribution in [2.24, 2.45) is 0 Å². The van der Waals surface area contributed by atoms with Crippen LogP contribution in [0, 0.1) is 0 Å². The first-order chi connectivity index (χ1) is 8.58. The van der Waals surface area contributed by atoms with Gasteiger partial charge in [-0.2, -0.15) is 0 Å². The molecule has 100 valence electrons. The van der Waals surface area contributed by atoms with Crippen molar-refractivity contribution in [2.75, 3.05) is 20.8 Å². The molecule has 0 spiro atoms. The molecule has 0 saturated carbocycles. The van der Waals surface area contributed by atoms with Crippen LogP contribution in [-0.2, 0) is 0 Å². The Morgan fingerprint density at radius 3 is 2.67 bits per heavy atom. The van der Waals surface area contributed by atoms with Gasteiger partial charge in [0.15, 0.2) is 0 Å². The Kier molecular flexibility index (Phi) is 5.45. The summed E-state index contributed by atoms with van der Waals surface area (Å²) in [6.45, 7) is 2.09. The average molecular weight is 253 g/mol. The molecule has 5 heteroatoms. The summed E-state index contributed by atoms with van der Waals surface area (Å²) in [7, 11) is 3.05. The largest absolute Gasteiger partial charge is 0.497 e. The molecule has 2 N–H and O–H groups in total. The predicted octanol–water partition coefficient (Wildman–Crippen LogP) is 1.20. The molecular weight excluding hydrogens is 234 g/mol. The first-order valence-corrected chi connectivity index (χ1v) is 5.76. The van der Waals surface area contributed by atoms with Crippen molar-refractivity contribution in [1.82, 2.24) is 5.32 Å². The molecule has 18 heavy (non-hydrogen) atoms.